The molecule has 0 saturated heterocycles. The third kappa shape index (κ3) is 12.0. The summed E-state index contributed by atoms with van der Waals surface area (Å²) in [6, 6.07) is 25.6. The number of halogens is 1. The maximum atomic E-state index is 13.5. The minimum atomic E-state index is -1.68. The summed E-state index contributed by atoms with van der Waals surface area (Å²) in [7, 11) is 0. The predicted molar refractivity (Wildman–Crippen MR) is 290 cm³/mol. The van der Waals surface area contributed by atoms with E-state index in [1.807, 2.05) is 111 Å². The van der Waals surface area contributed by atoms with Crippen LogP contribution < -0.4 is 17.0 Å². The number of H-pyrrole nitrogens is 1. The summed E-state index contributed by atoms with van der Waals surface area (Å²) in [5.74, 6) is 3.09. The Hall–Kier alpha value is -7.39. The van der Waals surface area contributed by atoms with Crippen LogP contribution in [0.5, 0.6) is 0 Å². The Kier molecular flexibility index (Phi) is 17.7. The van der Waals surface area contributed by atoms with E-state index in [9.17, 15) is 14.7 Å². The number of aromatic amines is 1. The van der Waals surface area contributed by atoms with Gasteiger partial charge in [-0.15, -0.1) is 5.10 Å². The molecule has 2 fully saturated rings. The third-order valence-electron chi connectivity index (χ3n) is 12.9. The number of aryl methyl sites for hydroxylation is 6. The number of imidazole rings is 2. The second kappa shape index (κ2) is 23.7. The molecule has 78 heavy (non-hydrogen) atoms. The second-order valence-corrected chi connectivity index (χ2v) is 20.0. The molecule has 2 aliphatic carbocycles. The molecule has 20 heteroatoms. The molecule has 2 saturated carbocycles. The summed E-state index contributed by atoms with van der Waals surface area (Å²) in [5.41, 5.74) is 8.53. The fourth-order valence-electron chi connectivity index (χ4n) is 9.14. The fraction of sp³-hybridized carbons (Fsp3) is 0.310. The van der Waals surface area contributed by atoms with Gasteiger partial charge in [0, 0.05) is 46.6 Å². The van der Waals surface area contributed by atoms with E-state index in [0.717, 1.165) is 70.8 Å². The summed E-state index contributed by atoms with van der Waals surface area (Å²) in [4.78, 5) is 48.7. The Balaban J connectivity index is 0.000000194. The number of fused-ring (bicyclic) bond motifs is 2. The molecule has 2 aliphatic rings. The number of rotatable bonds is 9. The van der Waals surface area contributed by atoms with Crippen LogP contribution in [0.25, 0.3) is 44.3 Å². The van der Waals surface area contributed by atoms with Gasteiger partial charge in [0.05, 0.1) is 39.2 Å². The van der Waals surface area contributed by atoms with Gasteiger partial charge in [-0.2, -0.15) is 33.5 Å². The van der Waals surface area contributed by atoms with Crippen molar-refractivity contribution in [3.8, 4) is 22.3 Å². The number of carbonyl (C=O) groups is 2. The summed E-state index contributed by atoms with van der Waals surface area (Å²) in [5, 5.41) is 36.9. The average Bonchev–Trinajstić information content (AvgIpc) is 4.43. The first-order valence-corrected chi connectivity index (χ1v) is 24.8. The van der Waals surface area contributed by atoms with Crippen LogP contribution in [-0.4, -0.2) is 106 Å². The minimum absolute atomic E-state index is 0. The SMILES string of the molecule is C.Cc1ccc[c-]n1.Cc1cccc(C(O)(c2cccnn2)c2cc(-c3c(C)noc3C)cc3[nH]c(C4CC4)nc23)n1.Cc1noc(C)c1-c1cc(C(=O)c2cccnn2)c2nc(C3CC3)n(C(=O)OC(C)(C)C)c2c1.[Br-].[Mg+2]. The Bertz CT molecular complexity index is 3700. The number of nitrogens with one attached hydrogen (secondary N) is 1. The van der Waals surface area contributed by atoms with Crippen LogP contribution in [0.4, 0.5) is 4.79 Å². The number of benzene rings is 2. The summed E-state index contributed by atoms with van der Waals surface area (Å²) in [6.45, 7) is 16.7. The van der Waals surface area contributed by atoms with Crippen molar-refractivity contribution in [1.82, 2.24) is 60.2 Å². The Morgan fingerprint density at radius 3 is 1.88 bits per heavy atom. The van der Waals surface area contributed by atoms with Crippen LogP contribution in [0.3, 0.4) is 0 Å². The van der Waals surface area contributed by atoms with Crippen molar-refractivity contribution < 1.29 is 45.5 Å². The molecule has 0 spiro atoms. The van der Waals surface area contributed by atoms with Gasteiger partial charge in [-0.1, -0.05) is 42.6 Å². The normalized spacial score (nSPS) is 13.6. The molecule has 8 aromatic heterocycles. The molecule has 12 rings (SSSR count). The molecule has 18 nitrogen and oxygen atoms in total. The summed E-state index contributed by atoms with van der Waals surface area (Å²) >= 11 is 0. The number of ketones is 1. The minimum Gasteiger partial charge on any atom is -1.00 e. The first-order valence-electron chi connectivity index (χ1n) is 24.8. The van der Waals surface area contributed by atoms with Gasteiger partial charge >= 0.3 is 29.1 Å². The van der Waals surface area contributed by atoms with Gasteiger partial charge in [-0.3, -0.25) is 9.78 Å². The van der Waals surface area contributed by atoms with Gasteiger partial charge in [0.2, 0.25) is 5.78 Å². The van der Waals surface area contributed by atoms with Gasteiger partial charge in [0.25, 0.3) is 0 Å². The molecular formula is C58H59BrMgN12O6. The van der Waals surface area contributed by atoms with E-state index in [1.54, 1.807) is 42.6 Å². The summed E-state index contributed by atoms with van der Waals surface area (Å²) < 4.78 is 18.1. The van der Waals surface area contributed by atoms with E-state index in [-0.39, 0.29) is 64.9 Å². The van der Waals surface area contributed by atoms with Crippen LogP contribution in [-0.2, 0) is 10.3 Å². The number of nitrogens with zero attached hydrogens (tertiary/aromatic N) is 11. The van der Waals surface area contributed by atoms with Crippen molar-refractivity contribution in [3.63, 3.8) is 0 Å². The molecule has 396 valence electrons. The average molecular weight is 1120 g/mol. The van der Waals surface area contributed by atoms with Gasteiger partial charge in [0.15, 0.2) is 5.60 Å². The van der Waals surface area contributed by atoms with E-state index in [2.05, 4.69) is 46.9 Å². The van der Waals surface area contributed by atoms with E-state index in [4.69, 9.17) is 28.7 Å². The molecular weight excluding hydrogens is 1060 g/mol. The van der Waals surface area contributed by atoms with Crippen LogP contribution in [0.15, 0.2) is 106 Å². The molecule has 8 heterocycles. The first kappa shape index (κ1) is 58.3. The molecule has 2 aromatic carbocycles. The zero-order valence-electron chi connectivity index (χ0n) is 44.2. The number of carbonyl (C=O) groups excluding carboxylic acids is 2. The maximum absolute atomic E-state index is 13.5. The number of hydrogen-bond acceptors (Lipinski definition) is 16. The van der Waals surface area contributed by atoms with Crippen LogP contribution in [0.1, 0.15) is 145 Å². The van der Waals surface area contributed by atoms with Gasteiger partial charge in [0.1, 0.15) is 45.7 Å². The van der Waals surface area contributed by atoms with Gasteiger partial charge < -0.3 is 45.8 Å². The fourth-order valence-corrected chi connectivity index (χ4v) is 9.14. The quantitative estimate of drug-likeness (QED) is 0.0792. The Morgan fingerprint density at radius 1 is 0.731 bits per heavy atom. The molecule has 1 unspecified atom stereocenters. The van der Waals surface area contributed by atoms with E-state index in [1.165, 1.54) is 10.8 Å². The van der Waals surface area contributed by atoms with Gasteiger partial charge in [-0.25, -0.2) is 19.3 Å². The zero-order valence-corrected chi connectivity index (χ0v) is 47.2. The number of ether oxygens (including phenoxy) is 1. The monoisotopic (exact) mass is 1120 g/mol. The number of pyridine rings is 2. The van der Waals surface area contributed by atoms with Crippen LogP contribution >= 0.6 is 0 Å². The molecule has 0 amide bonds. The second-order valence-electron chi connectivity index (χ2n) is 20.0. The predicted octanol–water partition coefficient (Wildman–Crippen LogP) is 7.93. The largest absolute Gasteiger partial charge is 2.00 e. The first-order chi connectivity index (χ1) is 36.0. The number of hydrogen-bond donors (Lipinski definition) is 2. The molecule has 0 bridgehead atoms. The Morgan fingerprint density at radius 2 is 1.36 bits per heavy atom. The number of aliphatic hydroxyl groups is 1. The Labute approximate surface area is 478 Å². The van der Waals surface area contributed by atoms with E-state index < -0.39 is 17.3 Å². The van der Waals surface area contributed by atoms with Crippen LogP contribution in [0, 0.1) is 47.7 Å². The third-order valence-corrected chi connectivity index (χ3v) is 12.9. The van der Waals surface area contributed by atoms with Crippen molar-refractivity contribution in [3.05, 3.63) is 178 Å². The van der Waals surface area contributed by atoms with Crippen molar-refractivity contribution in [2.45, 2.75) is 118 Å². The smallest absolute Gasteiger partial charge is 1.00 e. The zero-order chi connectivity index (χ0) is 52.8. The molecule has 0 aliphatic heterocycles. The van der Waals surface area contributed by atoms with E-state index >= 15 is 0 Å². The maximum Gasteiger partial charge on any atom is 2.00 e. The van der Waals surface area contributed by atoms with Crippen LogP contribution in [0.2, 0.25) is 0 Å². The standard InChI is InChI=1S/C26H24N6O2.C25H25N5O4.C6H6N.CH4.BrH.Mg/c1-14-6-4-7-21(28-14)26(33,22-8-5-11-27-31-22)19-12-18(23-15(2)32-34-16(23)3)13-20-24(19)30-25(29-20)17-9-10-17;1-13-20(14(2)34-29-13)16-11-17(22(31)18-7-6-10-26-28-18)21-19(12-16)30(23(27-21)15-8-9-15)24(32)33-25(3,4)5;1-6-4-2-3-5-7-6;;;/h4-8,11-13,17,33H,9-10H2,1-3H3,(H,29,30);6-7,10-12,15H,8-9H2,1-5H3;2-4H,1H3;1H4;1H;/q;;-1;;;+2/p-1. The van der Waals surface area contributed by atoms with Crippen molar-refractivity contribution in [2.75, 3.05) is 0 Å². The van der Waals surface area contributed by atoms with Crippen molar-refractivity contribution in [1.29, 1.82) is 0 Å². The van der Waals surface area contributed by atoms with E-state index in [0.29, 0.717) is 73.6 Å². The molecule has 10 aromatic rings. The molecule has 1 atom stereocenters. The number of aromatic nitrogens is 12. The molecule has 2 N–H and O–H groups in total. The molecule has 0 radical (unpaired) electrons. The van der Waals surface area contributed by atoms with Crippen molar-refractivity contribution in [2.24, 2.45) is 0 Å². The van der Waals surface area contributed by atoms with Crippen molar-refractivity contribution >= 4 is 57.0 Å². The topological polar surface area (TPSA) is 239 Å². The van der Waals surface area contributed by atoms with Gasteiger partial charge in [-0.05, 0) is 153 Å². The summed E-state index contributed by atoms with van der Waals surface area (Å²) in [6.07, 6.45) is 9.36.